The summed E-state index contributed by atoms with van der Waals surface area (Å²) >= 11 is 1.33. The third-order valence-electron chi connectivity index (χ3n) is 4.39. The maximum atomic E-state index is 12.6. The van der Waals surface area contributed by atoms with Gasteiger partial charge < -0.3 is 15.8 Å². The number of benzene rings is 1. The second-order valence-electron chi connectivity index (χ2n) is 6.28. The number of thiophene rings is 1. The van der Waals surface area contributed by atoms with E-state index in [9.17, 15) is 9.59 Å². The standard InChI is InChI=1S/C19H18N4O3S/c1-10-8-14(11-4-2-3-5-13(11)21-10)22-19(25)23-18-16(17(20)24)12-6-7-26-9-15(12)27-18/h2-5,8H,6-7,9H2,1H3,(H2,20,24)(H2,21,22,23,25). The molecule has 0 saturated heterocycles. The molecule has 27 heavy (non-hydrogen) atoms. The number of nitrogens with two attached hydrogens (primary N) is 1. The first-order chi connectivity index (χ1) is 13.0. The first-order valence-electron chi connectivity index (χ1n) is 8.49. The third kappa shape index (κ3) is 3.36. The maximum Gasteiger partial charge on any atom is 0.324 e. The number of pyridine rings is 1. The van der Waals surface area contributed by atoms with Gasteiger partial charge in [0, 0.05) is 16.0 Å². The lowest BCUT2D eigenvalue weighted by Gasteiger charge is -2.12. The lowest BCUT2D eigenvalue weighted by atomic mass is 10.1. The van der Waals surface area contributed by atoms with Crippen molar-refractivity contribution in [1.82, 2.24) is 4.98 Å². The minimum Gasteiger partial charge on any atom is -0.376 e. The topological polar surface area (TPSA) is 106 Å². The zero-order chi connectivity index (χ0) is 19.0. The predicted molar refractivity (Wildman–Crippen MR) is 105 cm³/mol. The van der Waals surface area contributed by atoms with Gasteiger partial charge in [-0.1, -0.05) is 18.2 Å². The Labute approximate surface area is 159 Å². The van der Waals surface area contributed by atoms with E-state index in [0.717, 1.165) is 27.0 Å². The highest BCUT2D eigenvalue weighted by Crippen LogP contribution is 2.36. The van der Waals surface area contributed by atoms with Crippen molar-refractivity contribution in [2.45, 2.75) is 20.0 Å². The number of anilines is 2. The molecule has 4 N–H and O–H groups in total. The molecule has 3 heterocycles. The Morgan fingerprint density at radius 1 is 1.26 bits per heavy atom. The Morgan fingerprint density at radius 2 is 2.07 bits per heavy atom. The van der Waals surface area contributed by atoms with Gasteiger partial charge in [0.15, 0.2) is 0 Å². The number of nitrogens with one attached hydrogen (secondary N) is 2. The fourth-order valence-electron chi connectivity index (χ4n) is 3.25. The average molecular weight is 382 g/mol. The lowest BCUT2D eigenvalue weighted by molar-refractivity contribution is 0.0991. The highest BCUT2D eigenvalue weighted by atomic mass is 32.1. The van der Waals surface area contributed by atoms with Crippen LogP contribution >= 0.6 is 11.3 Å². The zero-order valence-corrected chi connectivity index (χ0v) is 15.5. The number of carbonyl (C=O) groups is 2. The molecule has 0 atom stereocenters. The summed E-state index contributed by atoms with van der Waals surface area (Å²) in [7, 11) is 0. The van der Waals surface area contributed by atoms with Gasteiger partial charge in [-0.15, -0.1) is 11.3 Å². The van der Waals surface area contributed by atoms with Crippen LogP contribution in [0.4, 0.5) is 15.5 Å². The number of carbonyl (C=O) groups excluding carboxylic acids is 2. The van der Waals surface area contributed by atoms with Crippen LogP contribution in [0, 0.1) is 6.92 Å². The van der Waals surface area contributed by atoms with Gasteiger partial charge in [0.2, 0.25) is 0 Å². The van der Waals surface area contributed by atoms with Gasteiger partial charge >= 0.3 is 6.03 Å². The summed E-state index contributed by atoms with van der Waals surface area (Å²) in [5.74, 6) is -0.546. The zero-order valence-electron chi connectivity index (χ0n) is 14.7. The molecule has 1 aliphatic heterocycles. The number of ether oxygens (including phenoxy) is 1. The molecule has 7 nitrogen and oxygen atoms in total. The smallest absolute Gasteiger partial charge is 0.324 e. The Bertz CT molecular complexity index is 1060. The molecule has 0 aliphatic carbocycles. The molecule has 1 aromatic carbocycles. The number of amides is 3. The second-order valence-corrected chi connectivity index (χ2v) is 7.39. The number of primary amides is 1. The van der Waals surface area contributed by atoms with E-state index >= 15 is 0 Å². The fourth-order valence-corrected chi connectivity index (χ4v) is 4.43. The van der Waals surface area contributed by atoms with E-state index in [-0.39, 0.29) is 0 Å². The number of nitrogens with zero attached hydrogens (tertiary/aromatic N) is 1. The van der Waals surface area contributed by atoms with Gasteiger partial charge in [0.05, 0.1) is 30.0 Å². The van der Waals surface area contributed by atoms with E-state index in [1.54, 1.807) is 0 Å². The number of hydrogen-bond donors (Lipinski definition) is 3. The summed E-state index contributed by atoms with van der Waals surface area (Å²) in [6.45, 7) is 2.84. The molecular weight excluding hydrogens is 364 g/mol. The van der Waals surface area contributed by atoms with E-state index < -0.39 is 11.9 Å². The molecule has 138 valence electrons. The maximum absolute atomic E-state index is 12.6. The van der Waals surface area contributed by atoms with E-state index in [4.69, 9.17) is 10.5 Å². The number of hydrogen-bond acceptors (Lipinski definition) is 5. The number of rotatable bonds is 3. The molecule has 0 spiro atoms. The van der Waals surface area contributed by atoms with Crippen molar-refractivity contribution in [1.29, 1.82) is 0 Å². The molecule has 0 fully saturated rings. The van der Waals surface area contributed by atoms with Gasteiger partial charge in [0.25, 0.3) is 5.91 Å². The van der Waals surface area contributed by atoms with Crippen LogP contribution in [0.5, 0.6) is 0 Å². The number of aryl methyl sites for hydroxylation is 1. The van der Waals surface area contributed by atoms with Crippen molar-refractivity contribution in [3.05, 3.63) is 52.0 Å². The Hall–Kier alpha value is -2.97. The third-order valence-corrected chi connectivity index (χ3v) is 5.51. The number of aromatic nitrogens is 1. The van der Waals surface area contributed by atoms with Crippen molar-refractivity contribution < 1.29 is 14.3 Å². The average Bonchev–Trinajstić information content (AvgIpc) is 2.99. The van der Waals surface area contributed by atoms with E-state index in [1.807, 2.05) is 37.3 Å². The molecule has 0 bridgehead atoms. The summed E-state index contributed by atoms with van der Waals surface area (Å²) in [5.41, 5.74) is 9.06. The molecule has 4 rings (SSSR count). The van der Waals surface area contributed by atoms with Crippen LogP contribution in [0.3, 0.4) is 0 Å². The van der Waals surface area contributed by atoms with Crippen molar-refractivity contribution in [2.24, 2.45) is 5.73 Å². The Morgan fingerprint density at radius 3 is 2.89 bits per heavy atom. The second kappa shape index (κ2) is 6.98. The van der Waals surface area contributed by atoms with Gasteiger partial charge in [-0.05, 0) is 31.0 Å². The van der Waals surface area contributed by atoms with Crippen LogP contribution in [0.25, 0.3) is 10.9 Å². The minimum atomic E-state index is -0.546. The van der Waals surface area contributed by atoms with Gasteiger partial charge in [-0.3, -0.25) is 15.1 Å². The quantitative estimate of drug-likeness (QED) is 0.645. The number of fused-ring (bicyclic) bond motifs is 2. The van der Waals surface area contributed by atoms with Crippen molar-refractivity contribution in [2.75, 3.05) is 17.2 Å². The molecular formula is C19H18N4O3S. The number of urea groups is 1. The van der Waals surface area contributed by atoms with Crippen LogP contribution in [0.15, 0.2) is 30.3 Å². The number of para-hydroxylation sites is 1. The molecule has 3 aromatic rings. The van der Waals surface area contributed by atoms with Crippen LogP contribution < -0.4 is 16.4 Å². The van der Waals surface area contributed by atoms with E-state index in [1.165, 1.54) is 11.3 Å². The van der Waals surface area contributed by atoms with Crippen LogP contribution in [-0.2, 0) is 17.8 Å². The monoisotopic (exact) mass is 382 g/mol. The van der Waals surface area contributed by atoms with Crippen LogP contribution in [0.2, 0.25) is 0 Å². The van der Waals surface area contributed by atoms with E-state index in [0.29, 0.717) is 35.9 Å². The highest BCUT2D eigenvalue weighted by molar-refractivity contribution is 7.17. The molecule has 0 saturated carbocycles. The summed E-state index contributed by atoms with van der Waals surface area (Å²) in [6.07, 6.45) is 0.613. The Balaban J connectivity index is 1.63. The van der Waals surface area contributed by atoms with Crippen LogP contribution in [-0.4, -0.2) is 23.5 Å². The normalized spacial score (nSPS) is 13.2. The Kier molecular flexibility index (Phi) is 4.51. The van der Waals surface area contributed by atoms with Gasteiger partial charge in [-0.25, -0.2) is 4.79 Å². The van der Waals surface area contributed by atoms with Crippen molar-refractivity contribution in [3.8, 4) is 0 Å². The lowest BCUT2D eigenvalue weighted by Crippen LogP contribution is -2.22. The molecule has 2 aromatic heterocycles. The first-order valence-corrected chi connectivity index (χ1v) is 9.31. The summed E-state index contributed by atoms with van der Waals surface area (Å²) < 4.78 is 5.43. The summed E-state index contributed by atoms with van der Waals surface area (Å²) in [4.78, 5) is 29.9. The highest BCUT2D eigenvalue weighted by Gasteiger charge is 2.25. The van der Waals surface area contributed by atoms with Crippen molar-refractivity contribution in [3.63, 3.8) is 0 Å². The minimum absolute atomic E-state index is 0.379. The largest absolute Gasteiger partial charge is 0.376 e. The van der Waals surface area contributed by atoms with Gasteiger partial charge in [-0.2, -0.15) is 0 Å². The summed E-state index contributed by atoms with van der Waals surface area (Å²) in [5, 5.41) is 6.92. The molecule has 8 heteroatoms. The van der Waals surface area contributed by atoms with Crippen molar-refractivity contribution >= 4 is 44.9 Å². The summed E-state index contributed by atoms with van der Waals surface area (Å²) in [6, 6.07) is 8.95. The van der Waals surface area contributed by atoms with Gasteiger partial charge in [0.1, 0.15) is 5.00 Å². The molecule has 0 radical (unpaired) electrons. The predicted octanol–water partition coefficient (Wildman–Crippen LogP) is 3.42. The first kappa shape index (κ1) is 17.4. The molecule has 1 aliphatic rings. The van der Waals surface area contributed by atoms with Crippen LogP contribution in [0.1, 0.15) is 26.5 Å². The van der Waals surface area contributed by atoms with E-state index in [2.05, 4.69) is 15.6 Å². The SMILES string of the molecule is Cc1cc(NC(=O)Nc2sc3c(c2C(N)=O)CCOC3)c2ccccc2n1. The molecule has 0 unspecified atom stereocenters. The fraction of sp³-hybridized carbons (Fsp3) is 0.211. The molecule has 3 amide bonds.